The maximum absolute atomic E-state index is 11.9. The van der Waals surface area contributed by atoms with E-state index in [4.69, 9.17) is 0 Å². The zero-order chi connectivity index (χ0) is 12.4. The zero-order valence-corrected chi connectivity index (χ0v) is 12.9. The average Bonchev–Trinajstić information content (AvgIpc) is 2.33. The summed E-state index contributed by atoms with van der Waals surface area (Å²) in [6, 6.07) is 8.08. The summed E-state index contributed by atoms with van der Waals surface area (Å²) in [5.74, 6) is 0. The molecule has 0 spiro atoms. The zero-order valence-electron chi connectivity index (χ0n) is 9.15. The number of benzene rings is 1. The van der Waals surface area contributed by atoms with Crippen LogP contribution in [0.5, 0.6) is 0 Å². The van der Waals surface area contributed by atoms with E-state index < -0.39 is 0 Å². The summed E-state index contributed by atoms with van der Waals surface area (Å²) in [5, 5.41) is 0. The quantitative estimate of drug-likeness (QED) is 0.721. The van der Waals surface area contributed by atoms with Gasteiger partial charge in [-0.05, 0) is 63.1 Å². The topological polar surface area (TPSA) is 34.9 Å². The summed E-state index contributed by atoms with van der Waals surface area (Å²) < 4.78 is 3.31. The predicted octanol–water partition coefficient (Wildman–Crippen LogP) is 2.97. The molecule has 0 atom stereocenters. The maximum atomic E-state index is 11.9. The molecule has 0 bridgehead atoms. The van der Waals surface area contributed by atoms with Gasteiger partial charge in [-0.2, -0.15) is 0 Å². The molecule has 2 rings (SSSR count). The molecule has 5 heteroatoms. The van der Waals surface area contributed by atoms with E-state index in [0.717, 1.165) is 5.56 Å². The van der Waals surface area contributed by atoms with Crippen LogP contribution in [0.25, 0.3) is 0 Å². The molecule has 1 heterocycles. The number of aromatic nitrogens is 2. The van der Waals surface area contributed by atoms with Crippen LogP contribution in [-0.4, -0.2) is 9.55 Å². The molecule has 17 heavy (non-hydrogen) atoms. The second-order valence-corrected chi connectivity index (χ2v) is 5.74. The molecule has 0 aliphatic heterocycles. The SMILES string of the molecule is Cc1ncn(Cc2ccc(I)cc2)c(=O)c1Br. The van der Waals surface area contributed by atoms with E-state index in [1.807, 2.05) is 24.3 Å². The van der Waals surface area contributed by atoms with Crippen LogP contribution in [0.2, 0.25) is 0 Å². The van der Waals surface area contributed by atoms with Crippen molar-refractivity contribution in [2.45, 2.75) is 13.5 Å². The summed E-state index contributed by atoms with van der Waals surface area (Å²) in [4.78, 5) is 16.1. The second-order valence-electron chi connectivity index (χ2n) is 3.70. The van der Waals surface area contributed by atoms with Gasteiger partial charge in [0.25, 0.3) is 5.56 Å². The Kier molecular flexibility index (Phi) is 3.98. The van der Waals surface area contributed by atoms with E-state index in [-0.39, 0.29) is 5.56 Å². The standard InChI is InChI=1S/C12H10BrIN2O/c1-8-11(13)12(17)16(7-15-8)6-9-2-4-10(14)5-3-9/h2-5,7H,6H2,1H3. The Balaban J connectivity index is 2.34. The fraction of sp³-hybridized carbons (Fsp3) is 0.167. The summed E-state index contributed by atoms with van der Waals surface area (Å²) in [7, 11) is 0. The molecule has 0 N–H and O–H groups in total. The smallest absolute Gasteiger partial charge is 0.268 e. The van der Waals surface area contributed by atoms with E-state index in [9.17, 15) is 4.79 Å². The van der Waals surface area contributed by atoms with Crippen molar-refractivity contribution >= 4 is 38.5 Å². The van der Waals surface area contributed by atoms with Gasteiger partial charge in [0.2, 0.25) is 0 Å². The monoisotopic (exact) mass is 404 g/mol. The molecule has 1 aromatic carbocycles. The molecule has 0 saturated heterocycles. The van der Waals surface area contributed by atoms with Crippen LogP contribution in [0.1, 0.15) is 11.3 Å². The first-order chi connectivity index (χ1) is 8.08. The number of nitrogens with zero attached hydrogens (tertiary/aromatic N) is 2. The van der Waals surface area contributed by atoms with E-state index >= 15 is 0 Å². The van der Waals surface area contributed by atoms with Gasteiger partial charge in [0.15, 0.2) is 0 Å². The molecular weight excluding hydrogens is 395 g/mol. The van der Waals surface area contributed by atoms with Gasteiger partial charge in [-0.15, -0.1) is 0 Å². The molecule has 2 aromatic rings. The lowest BCUT2D eigenvalue weighted by Crippen LogP contribution is -2.22. The highest BCUT2D eigenvalue weighted by atomic mass is 127. The number of halogens is 2. The Labute approximate surface area is 121 Å². The Bertz CT molecular complexity index is 592. The van der Waals surface area contributed by atoms with Crippen molar-refractivity contribution in [2.24, 2.45) is 0 Å². The number of rotatable bonds is 2. The first kappa shape index (κ1) is 12.8. The minimum absolute atomic E-state index is 0.0453. The molecule has 0 unspecified atom stereocenters. The number of hydrogen-bond acceptors (Lipinski definition) is 2. The Morgan fingerprint density at radius 1 is 1.35 bits per heavy atom. The predicted molar refractivity (Wildman–Crippen MR) is 79.2 cm³/mol. The van der Waals surface area contributed by atoms with Crippen molar-refractivity contribution in [2.75, 3.05) is 0 Å². The van der Waals surface area contributed by atoms with Crippen LogP contribution in [0.3, 0.4) is 0 Å². The third kappa shape index (κ3) is 2.95. The van der Waals surface area contributed by atoms with Crippen LogP contribution < -0.4 is 5.56 Å². The van der Waals surface area contributed by atoms with Gasteiger partial charge in [-0.25, -0.2) is 4.98 Å². The van der Waals surface area contributed by atoms with Crippen molar-refractivity contribution in [3.8, 4) is 0 Å². The normalized spacial score (nSPS) is 10.5. The summed E-state index contributed by atoms with van der Waals surface area (Å²) >= 11 is 5.51. The number of hydrogen-bond donors (Lipinski definition) is 0. The van der Waals surface area contributed by atoms with Crippen molar-refractivity contribution in [1.82, 2.24) is 9.55 Å². The molecule has 0 aliphatic carbocycles. The van der Waals surface area contributed by atoms with Crippen molar-refractivity contribution in [1.29, 1.82) is 0 Å². The molecule has 88 valence electrons. The van der Waals surface area contributed by atoms with Crippen LogP contribution in [-0.2, 0) is 6.54 Å². The minimum atomic E-state index is -0.0453. The summed E-state index contributed by atoms with van der Waals surface area (Å²) in [6.45, 7) is 2.35. The lowest BCUT2D eigenvalue weighted by Gasteiger charge is -2.07. The van der Waals surface area contributed by atoms with E-state index in [1.54, 1.807) is 17.8 Å². The van der Waals surface area contributed by atoms with Crippen molar-refractivity contribution in [3.63, 3.8) is 0 Å². The van der Waals surface area contributed by atoms with Gasteiger partial charge in [-0.3, -0.25) is 9.36 Å². The first-order valence-corrected chi connectivity index (χ1v) is 6.91. The molecule has 1 aromatic heterocycles. The van der Waals surface area contributed by atoms with Crippen LogP contribution >= 0.6 is 38.5 Å². The minimum Gasteiger partial charge on any atom is -0.294 e. The van der Waals surface area contributed by atoms with E-state index in [0.29, 0.717) is 16.7 Å². The van der Waals surface area contributed by atoms with Gasteiger partial charge in [0, 0.05) is 3.57 Å². The average molecular weight is 405 g/mol. The third-order valence-electron chi connectivity index (χ3n) is 2.42. The molecule has 0 saturated carbocycles. The van der Waals surface area contributed by atoms with E-state index in [2.05, 4.69) is 43.5 Å². The van der Waals surface area contributed by atoms with Crippen molar-refractivity contribution < 1.29 is 0 Å². The highest BCUT2D eigenvalue weighted by Crippen LogP contribution is 2.09. The van der Waals surface area contributed by atoms with Crippen LogP contribution in [0.4, 0.5) is 0 Å². The van der Waals surface area contributed by atoms with Gasteiger partial charge in [-0.1, -0.05) is 12.1 Å². The lowest BCUT2D eigenvalue weighted by molar-refractivity contribution is 0.724. The lowest BCUT2D eigenvalue weighted by atomic mass is 10.2. The Morgan fingerprint density at radius 2 is 2.00 bits per heavy atom. The Morgan fingerprint density at radius 3 is 2.65 bits per heavy atom. The molecule has 0 amide bonds. The molecule has 0 radical (unpaired) electrons. The highest BCUT2D eigenvalue weighted by Gasteiger charge is 2.05. The fourth-order valence-corrected chi connectivity index (χ4v) is 2.14. The molecular formula is C12H10BrIN2O. The molecule has 0 aliphatic rings. The van der Waals surface area contributed by atoms with E-state index in [1.165, 1.54) is 3.57 Å². The highest BCUT2D eigenvalue weighted by molar-refractivity contribution is 14.1. The van der Waals surface area contributed by atoms with Gasteiger partial charge >= 0.3 is 0 Å². The van der Waals surface area contributed by atoms with Gasteiger partial charge in [0.1, 0.15) is 4.47 Å². The summed E-state index contributed by atoms with van der Waals surface area (Å²) in [5.41, 5.74) is 1.76. The maximum Gasteiger partial charge on any atom is 0.268 e. The van der Waals surface area contributed by atoms with Gasteiger partial charge in [0.05, 0.1) is 18.6 Å². The largest absolute Gasteiger partial charge is 0.294 e. The van der Waals surface area contributed by atoms with Crippen molar-refractivity contribution in [3.05, 3.63) is 60.2 Å². The molecule has 0 fully saturated rings. The Hall–Kier alpha value is -0.690. The number of aryl methyl sites for hydroxylation is 1. The van der Waals surface area contributed by atoms with Crippen LogP contribution in [0.15, 0.2) is 39.9 Å². The second kappa shape index (κ2) is 5.30. The fourth-order valence-electron chi connectivity index (χ4n) is 1.45. The summed E-state index contributed by atoms with van der Waals surface area (Å²) in [6.07, 6.45) is 1.58. The van der Waals surface area contributed by atoms with Crippen LogP contribution in [0, 0.1) is 10.5 Å². The van der Waals surface area contributed by atoms with Gasteiger partial charge < -0.3 is 0 Å². The first-order valence-electron chi connectivity index (χ1n) is 5.04. The molecule has 3 nitrogen and oxygen atoms in total. The third-order valence-corrected chi connectivity index (χ3v) is 4.06.